The maximum Gasteiger partial charge on any atom is 0.573 e. The van der Waals surface area contributed by atoms with Crippen LogP contribution >= 0.6 is 0 Å². The summed E-state index contributed by atoms with van der Waals surface area (Å²) in [6, 6.07) is 9.55. The summed E-state index contributed by atoms with van der Waals surface area (Å²) < 4.78 is 72.9. The number of hydrogen-bond acceptors (Lipinski definition) is 9. The molecule has 0 saturated heterocycles. The fourth-order valence-electron chi connectivity index (χ4n) is 3.62. The van der Waals surface area contributed by atoms with Crippen molar-refractivity contribution in [3.05, 3.63) is 53.9 Å². The quantitative estimate of drug-likeness (QED) is 0.519. The van der Waals surface area contributed by atoms with Crippen LogP contribution in [0.25, 0.3) is 11.5 Å². The number of sulfone groups is 1. The van der Waals surface area contributed by atoms with Gasteiger partial charge in [0.05, 0.1) is 35.0 Å². The molecule has 194 valence electrons. The van der Waals surface area contributed by atoms with Crippen LogP contribution in [0, 0.1) is 11.3 Å². The number of aromatic nitrogens is 2. The molecule has 2 aromatic carbocycles. The standard InChI is InChI=1S/C23H20F3N5O5S/c1-22(2,12-27)21-30-29-19(35-21)14-5-8-18-17(9-14)31(20(32)16(28)11-37(18,33)34)10-13-3-6-15(7-4-13)36-23(24,25)26/h3-9,16H,10-11,28H2,1-2H3/t16-/m0/s1. The van der Waals surface area contributed by atoms with Gasteiger partial charge in [0.1, 0.15) is 11.2 Å². The Morgan fingerprint density at radius 1 is 1.19 bits per heavy atom. The molecule has 1 aliphatic rings. The second-order valence-electron chi connectivity index (χ2n) is 8.84. The lowest BCUT2D eigenvalue weighted by Crippen LogP contribution is -2.45. The van der Waals surface area contributed by atoms with Gasteiger partial charge in [-0.05, 0) is 49.7 Å². The monoisotopic (exact) mass is 535 g/mol. The maximum atomic E-state index is 13.2. The number of nitrogens with zero attached hydrogens (tertiary/aromatic N) is 4. The lowest BCUT2D eigenvalue weighted by molar-refractivity contribution is -0.274. The van der Waals surface area contributed by atoms with Gasteiger partial charge in [-0.15, -0.1) is 23.4 Å². The van der Waals surface area contributed by atoms with Crippen LogP contribution < -0.4 is 15.4 Å². The Balaban J connectivity index is 1.76. The number of halogens is 3. The maximum absolute atomic E-state index is 13.2. The van der Waals surface area contributed by atoms with Gasteiger partial charge in [0.15, 0.2) is 9.84 Å². The summed E-state index contributed by atoms with van der Waals surface area (Å²) in [6.07, 6.45) is -4.87. The summed E-state index contributed by atoms with van der Waals surface area (Å²) in [6.45, 7) is 2.97. The Morgan fingerprint density at radius 2 is 1.86 bits per heavy atom. The van der Waals surface area contributed by atoms with E-state index in [9.17, 15) is 31.6 Å². The lowest BCUT2D eigenvalue weighted by Gasteiger charge is -2.24. The molecule has 1 amide bonds. The summed E-state index contributed by atoms with van der Waals surface area (Å²) >= 11 is 0. The average Bonchev–Trinajstić information content (AvgIpc) is 3.31. The van der Waals surface area contributed by atoms with Crippen LogP contribution in [0.15, 0.2) is 51.8 Å². The molecular formula is C23H20F3N5O5S. The lowest BCUT2D eigenvalue weighted by atomic mass is 9.96. The molecule has 0 spiro atoms. The number of alkyl halides is 3. The number of nitriles is 1. The highest BCUT2D eigenvalue weighted by molar-refractivity contribution is 7.91. The summed E-state index contributed by atoms with van der Waals surface area (Å²) in [5.74, 6) is -1.75. The highest BCUT2D eigenvalue weighted by atomic mass is 32.2. The molecule has 2 heterocycles. The number of anilines is 1. The zero-order chi connectivity index (χ0) is 27.2. The highest BCUT2D eigenvalue weighted by Gasteiger charge is 2.37. The van der Waals surface area contributed by atoms with Crippen LogP contribution in [0.2, 0.25) is 0 Å². The number of carbonyl (C=O) groups is 1. The van der Waals surface area contributed by atoms with Crippen molar-refractivity contribution in [3.63, 3.8) is 0 Å². The second-order valence-corrected chi connectivity index (χ2v) is 10.8. The Bertz CT molecular complexity index is 1490. The van der Waals surface area contributed by atoms with Gasteiger partial charge in [-0.25, -0.2) is 8.42 Å². The molecule has 1 aromatic heterocycles. The smallest absolute Gasteiger partial charge is 0.419 e. The summed E-state index contributed by atoms with van der Waals surface area (Å²) in [4.78, 5) is 14.1. The molecule has 10 nitrogen and oxygen atoms in total. The van der Waals surface area contributed by atoms with Crippen LogP contribution in [-0.4, -0.2) is 42.7 Å². The Morgan fingerprint density at radius 3 is 2.49 bits per heavy atom. The van der Waals surface area contributed by atoms with Crippen molar-refractivity contribution in [3.8, 4) is 23.3 Å². The molecule has 2 N–H and O–H groups in total. The molecule has 1 aliphatic heterocycles. The Labute approximate surface area is 209 Å². The van der Waals surface area contributed by atoms with Crippen LogP contribution in [0.1, 0.15) is 25.3 Å². The van der Waals surface area contributed by atoms with Crippen LogP contribution in [-0.2, 0) is 26.6 Å². The van der Waals surface area contributed by atoms with E-state index < -0.39 is 45.1 Å². The second kappa shape index (κ2) is 9.16. The first kappa shape index (κ1) is 26.1. The molecule has 0 bridgehead atoms. The SMILES string of the molecule is CC(C)(C#N)c1nnc(-c2ccc3c(c2)N(Cc2ccc(OC(F)(F)F)cc2)C(=O)[C@@H](N)CS3(=O)=O)o1. The van der Waals surface area contributed by atoms with E-state index in [1.54, 1.807) is 13.8 Å². The van der Waals surface area contributed by atoms with Crippen molar-refractivity contribution < 1.29 is 35.5 Å². The molecule has 4 rings (SSSR count). The fraction of sp³-hybridized carbons (Fsp3) is 0.304. The number of amides is 1. The minimum Gasteiger partial charge on any atom is -0.419 e. The molecule has 0 aliphatic carbocycles. The van der Waals surface area contributed by atoms with Crippen LogP contribution in [0.5, 0.6) is 5.75 Å². The van der Waals surface area contributed by atoms with Crippen LogP contribution in [0.4, 0.5) is 18.9 Å². The highest BCUT2D eigenvalue weighted by Crippen LogP contribution is 2.36. The van der Waals surface area contributed by atoms with Gasteiger partial charge >= 0.3 is 6.36 Å². The van der Waals surface area contributed by atoms with Gasteiger partial charge in [0, 0.05) is 5.56 Å². The number of rotatable bonds is 5. The summed E-state index contributed by atoms with van der Waals surface area (Å²) in [7, 11) is -3.98. The summed E-state index contributed by atoms with van der Waals surface area (Å²) in [5.41, 5.74) is 5.49. The molecule has 0 radical (unpaired) electrons. The predicted molar refractivity (Wildman–Crippen MR) is 123 cm³/mol. The van der Waals surface area contributed by atoms with E-state index in [0.717, 1.165) is 17.0 Å². The molecular weight excluding hydrogens is 515 g/mol. The number of fused-ring (bicyclic) bond motifs is 1. The van der Waals surface area contributed by atoms with Gasteiger partial charge in [-0.2, -0.15) is 5.26 Å². The third-order valence-electron chi connectivity index (χ3n) is 5.55. The molecule has 14 heteroatoms. The number of ether oxygens (including phenoxy) is 1. The fourth-order valence-corrected chi connectivity index (χ4v) is 5.18. The first-order chi connectivity index (χ1) is 17.2. The van der Waals surface area contributed by atoms with Gasteiger partial charge in [-0.3, -0.25) is 4.79 Å². The van der Waals surface area contributed by atoms with Crippen molar-refractivity contribution in [1.29, 1.82) is 5.26 Å². The Kier molecular flexibility index (Phi) is 6.47. The van der Waals surface area contributed by atoms with Crippen molar-refractivity contribution in [2.24, 2.45) is 5.73 Å². The predicted octanol–water partition coefficient (Wildman–Crippen LogP) is 3.08. The number of nitrogens with two attached hydrogens (primary N) is 1. The third kappa shape index (κ3) is 5.42. The zero-order valence-corrected chi connectivity index (χ0v) is 20.3. The number of hydrogen-bond donors (Lipinski definition) is 1. The number of benzene rings is 2. The summed E-state index contributed by atoms with van der Waals surface area (Å²) in [5, 5.41) is 17.1. The van der Waals surface area contributed by atoms with Crippen molar-refractivity contribution in [2.45, 2.75) is 43.1 Å². The largest absolute Gasteiger partial charge is 0.573 e. The van der Waals surface area contributed by atoms with Gasteiger partial charge in [0.25, 0.3) is 0 Å². The molecule has 37 heavy (non-hydrogen) atoms. The minimum atomic E-state index is -4.87. The van der Waals surface area contributed by atoms with Gasteiger partial charge in [0.2, 0.25) is 17.7 Å². The molecule has 0 fully saturated rings. The zero-order valence-electron chi connectivity index (χ0n) is 19.5. The van der Waals surface area contributed by atoms with Gasteiger partial charge < -0.3 is 19.8 Å². The molecule has 3 aromatic rings. The van der Waals surface area contributed by atoms with E-state index in [1.807, 2.05) is 6.07 Å². The topological polar surface area (TPSA) is 152 Å². The van der Waals surface area contributed by atoms with E-state index in [0.29, 0.717) is 5.56 Å². The molecule has 1 atom stereocenters. The van der Waals surface area contributed by atoms with Crippen molar-refractivity contribution in [1.82, 2.24) is 10.2 Å². The van der Waals surface area contributed by atoms with E-state index in [1.165, 1.54) is 30.3 Å². The van der Waals surface area contributed by atoms with E-state index >= 15 is 0 Å². The van der Waals surface area contributed by atoms with Gasteiger partial charge in [-0.1, -0.05) is 12.1 Å². The Hall–Kier alpha value is -3.96. The first-order valence-corrected chi connectivity index (χ1v) is 12.4. The number of carbonyl (C=O) groups excluding carboxylic acids is 1. The first-order valence-electron chi connectivity index (χ1n) is 10.7. The van der Waals surface area contributed by atoms with E-state index in [-0.39, 0.29) is 34.5 Å². The van der Waals surface area contributed by atoms with Crippen molar-refractivity contribution in [2.75, 3.05) is 10.7 Å². The molecule has 0 saturated carbocycles. The third-order valence-corrected chi connectivity index (χ3v) is 7.36. The molecule has 0 unspecified atom stereocenters. The van der Waals surface area contributed by atoms with E-state index in [2.05, 4.69) is 14.9 Å². The minimum absolute atomic E-state index is 0.00637. The van der Waals surface area contributed by atoms with Crippen LogP contribution in [0.3, 0.4) is 0 Å². The normalized spacial score (nSPS) is 17.6. The van der Waals surface area contributed by atoms with E-state index in [4.69, 9.17) is 10.2 Å². The van der Waals surface area contributed by atoms with Crippen molar-refractivity contribution >= 4 is 21.4 Å². The average molecular weight is 536 g/mol.